The normalized spacial score (nSPS) is 17.6. The van der Waals surface area contributed by atoms with Crippen LogP contribution in [0.2, 0.25) is 0 Å². The Morgan fingerprint density at radius 2 is 1.76 bits per heavy atom. The van der Waals surface area contributed by atoms with Gasteiger partial charge in [0.15, 0.2) is 16.7 Å². The number of aliphatic imine (C=N–C) groups is 1. The molecule has 0 bridgehead atoms. The molecule has 6 nitrogen and oxygen atoms in total. The average Bonchev–Trinajstić information content (AvgIpc) is 3.18. The maximum Gasteiger partial charge on any atom is 0.271 e. The lowest BCUT2D eigenvalue weighted by Crippen LogP contribution is -2.28. The second-order valence-corrected chi connectivity index (χ2v) is 8.45. The van der Waals surface area contributed by atoms with Gasteiger partial charge in [-0.3, -0.25) is 14.7 Å². The molecule has 0 N–H and O–H groups in total. The molecule has 1 amide bonds. The van der Waals surface area contributed by atoms with E-state index in [1.807, 2.05) is 78.9 Å². The Morgan fingerprint density at radius 3 is 2.52 bits per heavy atom. The van der Waals surface area contributed by atoms with Crippen LogP contribution >= 0.6 is 11.8 Å². The molecule has 2 aliphatic heterocycles. The fourth-order valence-corrected chi connectivity index (χ4v) is 4.56. The van der Waals surface area contributed by atoms with Crippen LogP contribution in [0.15, 0.2) is 82.7 Å². The SMILES string of the molecule is COc1ccc(N2C(=O)/C(=C/c3ccc4c(c3)OCCO4)S/C2=N\Cc2ccccc2)cc1. The third-order valence-electron chi connectivity index (χ3n) is 5.24. The summed E-state index contributed by atoms with van der Waals surface area (Å²) in [5.74, 6) is 2.02. The molecular weight excluding hydrogens is 436 g/mol. The molecule has 33 heavy (non-hydrogen) atoms. The molecule has 0 aliphatic carbocycles. The van der Waals surface area contributed by atoms with E-state index in [2.05, 4.69) is 0 Å². The quantitative estimate of drug-likeness (QED) is 0.495. The van der Waals surface area contributed by atoms with E-state index < -0.39 is 0 Å². The Balaban J connectivity index is 1.48. The molecule has 1 saturated heterocycles. The van der Waals surface area contributed by atoms with Crippen molar-refractivity contribution in [3.63, 3.8) is 0 Å². The summed E-state index contributed by atoms with van der Waals surface area (Å²) in [5, 5.41) is 0.637. The van der Waals surface area contributed by atoms with Crippen molar-refractivity contribution in [1.29, 1.82) is 0 Å². The number of amidine groups is 1. The van der Waals surface area contributed by atoms with Gasteiger partial charge in [0.2, 0.25) is 0 Å². The molecular formula is C26H22N2O4S. The Bertz CT molecular complexity index is 1220. The number of carbonyl (C=O) groups is 1. The molecule has 2 aliphatic rings. The first-order valence-corrected chi connectivity index (χ1v) is 11.4. The second kappa shape index (κ2) is 9.42. The van der Waals surface area contributed by atoms with Crippen LogP contribution < -0.4 is 19.1 Å². The van der Waals surface area contributed by atoms with Crippen molar-refractivity contribution in [3.8, 4) is 17.2 Å². The molecule has 7 heteroatoms. The van der Waals surface area contributed by atoms with Crippen molar-refractivity contribution in [2.45, 2.75) is 6.54 Å². The molecule has 0 atom stereocenters. The third kappa shape index (κ3) is 4.59. The van der Waals surface area contributed by atoms with Crippen molar-refractivity contribution >= 4 is 34.6 Å². The van der Waals surface area contributed by atoms with Gasteiger partial charge >= 0.3 is 0 Å². The monoisotopic (exact) mass is 458 g/mol. The number of hydrogen-bond donors (Lipinski definition) is 0. The van der Waals surface area contributed by atoms with E-state index in [-0.39, 0.29) is 5.91 Å². The number of carbonyl (C=O) groups excluding carboxylic acids is 1. The first-order valence-electron chi connectivity index (χ1n) is 10.6. The zero-order chi connectivity index (χ0) is 22.6. The summed E-state index contributed by atoms with van der Waals surface area (Å²) in [4.78, 5) is 20.5. The highest BCUT2D eigenvalue weighted by Crippen LogP contribution is 2.38. The highest BCUT2D eigenvalue weighted by Gasteiger charge is 2.34. The maximum absolute atomic E-state index is 13.4. The van der Waals surface area contributed by atoms with Gasteiger partial charge in [-0.05, 0) is 65.4 Å². The van der Waals surface area contributed by atoms with Crippen LogP contribution in [-0.4, -0.2) is 31.4 Å². The summed E-state index contributed by atoms with van der Waals surface area (Å²) in [6.07, 6.45) is 1.87. The van der Waals surface area contributed by atoms with E-state index >= 15 is 0 Å². The van der Waals surface area contributed by atoms with Gasteiger partial charge in [0.1, 0.15) is 19.0 Å². The maximum atomic E-state index is 13.4. The van der Waals surface area contributed by atoms with Gasteiger partial charge in [-0.1, -0.05) is 36.4 Å². The van der Waals surface area contributed by atoms with E-state index in [1.54, 1.807) is 12.0 Å². The van der Waals surface area contributed by atoms with Gasteiger partial charge in [-0.15, -0.1) is 0 Å². The number of rotatable bonds is 5. The number of methoxy groups -OCH3 is 1. The summed E-state index contributed by atoms with van der Waals surface area (Å²) < 4.78 is 16.5. The lowest BCUT2D eigenvalue weighted by Gasteiger charge is -2.18. The summed E-state index contributed by atoms with van der Waals surface area (Å²) >= 11 is 1.37. The van der Waals surface area contributed by atoms with Gasteiger partial charge in [0.05, 0.1) is 24.2 Å². The topological polar surface area (TPSA) is 60.4 Å². The Labute approximate surface area is 196 Å². The zero-order valence-electron chi connectivity index (χ0n) is 18.1. The highest BCUT2D eigenvalue weighted by atomic mass is 32.2. The van der Waals surface area contributed by atoms with Crippen LogP contribution in [0.3, 0.4) is 0 Å². The number of amides is 1. The van der Waals surface area contributed by atoms with Crippen LogP contribution in [0.4, 0.5) is 5.69 Å². The average molecular weight is 459 g/mol. The molecule has 3 aromatic carbocycles. The van der Waals surface area contributed by atoms with Crippen molar-refractivity contribution in [1.82, 2.24) is 0 Å². The number of nitrogens with zero attached hydrogens (tertiary/aromatic N) is 2. The van der Waals surface area contributed by atoms with Crippen molar-refractivity contribution < 1.29 is 19.0 Å². The zero-order valence-corrected chi connectivity index (χ0v) is 18.9. The number of fused-ring (bicyclic) bond motifs is 1. The lowest BCUT2D eigenvalue weighted by atomic mass is 10.1. The number of benzene rings is 3. The number of anilines is 1. The predicted molar refractivity (Wildman–Crippen MR) is 131 cm³/mol. The molecule has 0 spiro atoms. The molecule has 3 aromatic rings. The molecule has 2 heterocycles. The standard InChI is InChI=1S/C26H22N2O4S/c1-30-21-10-8-20(9-11-21)28-25(29)24(33-26(28)27-17-18-5-3-2-4-6-18)16-19-7-12-22-23(15-19)32-14-13-31-22/h2-12,15-16H,13-14,17H2,1H3/b24-16-,27-26-. The molecule has 0 unspecified atom stereocenters. The molecule has 166 valence electrons. The van der Waals surface area contributed by atoms with Crippen molar-refractivity contribution in [2.75, 3.05) is 25.2 Å². The highest BCUT2D eigenvalue weighted by molar-refractivity contribution is 8.19. The van der Waals surface area contributed by atoms with Gasteiger partial charge in [0, 0.05) is 0 Å². The fraction of sp³-hybridized carbons (Fsp3) is 0.154. The molecule has 0 aromatic heterocycles. The van der Waals surface area contributed by atoms with E-state index in [1.165, 1.54) is 11.8 Å². The largest absolute Gasteiger partial charge is 0.497 e. The van der Waals surface area contributed by atoms with Gasteiger partial charge in [-0.25, -0.2) is 0 Å². The molecule has 1 fully saturated rings. The van der Waals surface area contributed by atoms with Gasteiger partial charge in [0.25, 0.3) is 5.91 Å². The summed E-state index contributed by atoms with van der Waals surface area (Å²) in [6, 6.07) is 23.1. The predicted octanol–water partition coefficient (Wildman–Crippen LogP) is 5.14. The molecule has 0 radical (unpaired) electrons. The minimum atomic E-state index is -0.119. The van der Waals surface area contributed by atoms with Crippen LogP contribution in [-0.2, 0) is 11.3 Å². The number of hydrogen-bond acceptors (Lipinski definition) is 6. The fourth-order valence-electron chi connectivity index (χ4n) is 3.58. The Hall–Kier alpha value is -3.71. The summed E-state index contributed by atoms with van der Waals surface area (Å²) in [5.41, 5.74) is 2.69. The van der Waals surface area contributed by atoms with E-state index in [9.17, 15) is 4.79 Å². The molecule has 0 saturated carbocycles. The van der Waals surface area contributed by atoms with E-state index in [0.29, 0.717) is 35.6 Å². The second-order valence-electron chi connectivity index (χ2n) is 7.44. The third-order valence-corrected chi connectivity index (χ3v) is 6.25. The molecule has 5 rings (SSSR count). The lowest BCUT2D eigenvalue weighted by molar-refractivity contribution is -0.113. The Kier molecular flexibility index (Phi) is 6.04. The smallest absolute Gasteiger partial charge is 0.271 e. The van der Waals surface area contributed by atoms with Crippen molar-refractivity contribution in [3.05, 3.63) is 88.8 Å². The first-order chi connectivity index (χ1) is 16.2. The number of ether oxygens (including phenoxy) is 3. The number of thioether (sulfide) groups is 1. The van der Waals surface area contributed by atoms with Crippen LogP contribution in [0.1, 0.15) is 11.1 Å². The van der Waals surface area contributed by atoms with E-state index in [0.717, 1.165) is 28.3 Å². The minimum absolute atomic E-state index is 0.119. The van der Waals surface area contributed by atoms with Gasteiger partial charge in [-0.2, -0.15) is 0 Å². The van der Waals surface area contributed by atoms with Crippen LogP contribution in [0.5, 0.6) is 17.2 Å². The summed E-state index contributed by atoms with van der Waals surface area (Å²) in [7, 11) is 1.62. The van der Waals surface area contributed by atoms with Gasteiger partial charge < -0.3 is 14.2 Å². The van der Waals surface area contributed by atoms with Crippen molar-refractivity contribution in [2.24, 2.45) is 4.99 Å². The Morgan fingerprint density at radius 1 is 1.00 bits per heavy atom. The van der Waals surface area contributed by atoms with Crippen LogP contribution in [0, 0.1) is 0 Å². The summed E-state index contributed by atoms with van der Waals surface area (Å²) in [6.45, 7) is 1.54. The first kappa shape index (κ1) is 21.2. The van der Waals surface area contributed by atoms with E-state index in [4.69, 9.17) is 19.2 Å². The van der Waals surface area contributed by atoms with Crippen LogP contribution in [0.25, 0.3) is 6.08 Å². The minimum Gasteiger partial charge on any atom is -0.497 e.